The SMILES string of the molecule is CCC1CC(CNCCOC)CCO1. The Hall–Kier alpha value is -0.120. The van der Waals surface area contributed by atoms with Crippen molar-refractivity contribution >= 4 is 0 Å². The molecule has 0 aromatic heterocycles. The number of nitrogens with one attached hydrogen (secondary N) is 1. The van der Waals surface area contributed by atoms with E-state index in [4.69, 9.17) is 9.47 Å². The summed E-state index contributed by atoms with van der Waals surface area (Å²) in [6, 6.07) is 0. The van der Waals surface area contributed by atoms with E-state index in [0.29, 0.717) is 6.10 Å². The fourth-order valence-electron chi connectivity index (χ4n) is 1.91. The molecule has 1 rings (SSSR count). The molecule has 14 heavy (non-hydrogen) atoms. The molecule has 1 aliphatic rings. The predicted molar refractivity (Wildman–Crippen MR) is 57.5 cm³/mol. The Kier molecular flexibility index (Phi) is 6.15. The van der Waals surface area contributed by atoms with Gasteiger partial charge < -0.3 is 14.8 Å². The maximum atomic E-state index is 5.63. The molecule has 0 radical (unpaired) electrons. The van der Waals surface area contributed by atoms with Gasteiger partial charge in [0.1, 0.15) is 0 Å². The molecule has 84 valence electrons. The van der Waals surface area contributed by atoms with Gasteiger partial charge >= 0.3 is 0 Å². The summed E-state index contributed by atoms with van der Waals surface area (Å²) in [5, 5.41) is 3.42. The summed E-state index contributed by atoms with van der Waals surface area (Å²) in [6.07, 6.45) is 4.07. The molecule has 3 heteroatoms. The van der Waals surface area contributed by atoms with Crippen LogP contribution >= 0.6 is 0 Å². The molecule has 1 heterocycles. The van der Waals surface area contributed by atoms with E-state index in [1.807, 2.05) is 0 Å². The molecule has 2 atom stereocenters. The smallest absolute Gasteiger partial charge is 0.0587 e. The predicted octanol–water partition coefficient (Wildman–Crippen LogP) is 1.43. The van der Waals surface area contributed by atoms with E-state index in [-0.39, 0.29) is 0 Å². The van der Waals surface area contributed by atoms with Crippen molar-refractivity contribution in [3.05, 3.63) is 0 Å². The number of ether oxygens (including phenoxy) is 2. The molecule has 0 amide bonds. The van der Waals surface area contributed by atoms with Gasteiger partial charge in [-0.3, -0.25) is 0 Å². The van der Waals surface area contributed by atoms with Gasteiger partial charge in [-0.2, -0.15) is 0 Å². The van der Waals surface area contributed by atoms with Crippen LogP contribution in [0.15, 0.2) is 0 Å². The van der Waals surface area contributed by atoms with Crippen molar-refractivity contribution in [2.24, 2.45) is 5.92 Å². The van der Waals surface area contributed by atoms with E-state index in [0.717, 1.165) is 38.6 Å². The average Bonchev–Trinajstić information content (AvgIpc) is 2.25. The standard InChI is InChI=1S/C11H23NO2/c1-3-11-8-10(4-6-14-11)9-12-5-7-13-2/h10-12H,3-9H2,1-2H3. The van der Waals surface area contributed by atoms with Gasteiger partial charge in [0.15, 0.2) is 0 Å². The molecule has 0 aliphatic carbocycles. The van der Waals surface area contributed by atoms with Crippen LogP contribution in [0.3, 0.4) is 0 Å². The summed E-state index contributed by atoms with van der Waals surface area (Å²) in [7, 11) is 1.74. The lowest BCUT2D eigenvalue weighted by Crippen LogP contribution is -2.33. The van der Waals surface area contributed by atoms with Crippen molar-refractivity contribution in [1.82, 2.24) is 5.32 Å². The Morgan fingerprint density at radius 1 is 1.50 bits per heavy atom. The van der Waals surface area contributed by atoms with Crippen LogP contribution in [0.5, 0.6) is 0 Å². The van der Waals surface area contributed by atoms with E-state index in [9.17, 15) is 0 Å². The molecule has 0 spiro atoms. The highest BCUT2D eigenvalue weighted by molar-refractivity contribution is 4.72. The first-order valence-corrected chi connectivity index (χ1v) is 5.68. The van der Waals surface area contributed by atoms with Gasteiger partial charge in [0.05, 0.1) is 12.7 Å². The van der Waals surface area contributed by atoms with Crippen molar-refractivity contribution in [3.63, 3.8) is 0 Å². The maximum Gasteiger partial charge on any atom is 0.0587 e. The van der Waals surface area contributed by atoms with Crippen molar-refractivity contribution in [2.45, 2.75) is 32.3 Å². The average molecular weight is 201 g/mol. The van der Waals surface area contributed by atoms with Crippen LogP contribution in [0.1, 0.15) is 26.2 Å². The van der Waals surface area contributed by atoms with Crippen LogP contribution < -0.4 is 5.32 Å². The minimum Gasteiger partial charge on any atom is -0.383 e. The van der Waals surface area contributed by atoms with Gasteiger partial charge in [0.2, 0.25) is 0 Å². The topological polar surface area (TPSA) is 30.5 Å². The van der Waals surface area contributed by atoms with E-state index >= 15 is 0 Å². The van der Waals surface area contributed by atoms with E-state index in [1.54, 1.807) is 7.11 Å². The Morgan fingerprint density at radius 2 is 2.36 bits per heavy atom. The molecular formula is C11H23NO2. The summed E-state index contributed by atoms with van der Waals surface area (Å²) in [6.45, 7) is 6.02. The summed E-state index contributed by atoms with van der Waals surface area (Å²) >= 11 is 0. The molecule has 0 aromatic carbocycles. The van der Waals surface area contributed by atoms with Crippen LogP contribution in [-0.2, 0) is 9.47 Å². The van der Waals surface area contributed by atoms with Crippen LogP contribution in [-0.4, -0.2) is 39.5 Å². The molecule has 1 N–H and O–H groups in total. The number of rotatable bonds is 6. The summed E-state index contributed by atoms with van der Waals surface area (Å²) in [5.41, 5.74) is 0. The molecule has 0 aromatic rings. The first-order chi connectivity index (χ1) is 6.86. The van der Waals surface area contributed by atoms with E-state index in [2.05, 4.69) is 12.2 Å². The second-order valence-corrected chi connectivity index (χ2v) is 3.99. The van der Waals surface area contributed by atoms with E-state index < -0.39 is 0 Å². The maximum absolute atomic E-state index is 5.63. The molecule has 1 saturated heterocycles. The zero-order chi connectivity index (χ0) is 10.2. The second kappa shape index (κ2) is 7.21. The van der Waals surface area contributed by atoms with Crippen LogP contribution in [0.25, 0.3) is 0 Å². The van der Waals surface area contributed by atoms with Crippen molar-refractivity contribution in [2.75, 3.05) is 33.4 Å². The molecule has 1 aliphatic heterocycles. The van der Waals surface area contributed by atoms with Crippen LogP contribution in [0.2, 0.25) is 0 Å². The Balaban J connectivity index is 2.05. The summed E-state index contributed by atoms with van der Waals surface area (Å²) < 4.78 is 10.6. The van der Waals surface area contributed by atoms with Gasteiger partial charge in [-0.05, 0) is 31.7 Å². The second-order valence-electron chi connectivity index (χ2n) is 3.99. The molecule has 0 saturated carbocycles. The van der Waals surface area contributed by atoms with Gasteiger partial charge in [-0.1, -0.05) is 6.92 Å². The minimum atomic E-state index is 0.498. The number of methoxy groups -OCH3 is 1. The first-order valence-electron chi connectivity index (χ1n) is 5.68. The van der Waals surface area contributed by atoms with Crippen molar-refractivity contribution < 1.29 is 9.47 Å². The lowest BCUT2D eigenvalue weighted by atomic mass is 9.94. The highest BCUT2D eigenvalue weighted by Crippen LogP contribution is 2.21. The van der Waals surface area contributed by atoms with Crippen molar-refractivity contribution in [1.29, 1.82) is 0 Å². The molecule has 3 nitrogen and oxygen atoms in total. The fourth-order valence-corrected chi connectivity index (χ4v) is 1.91. The van der Waals surface area contributed by atoms with Crippen LogP contribution in [0.4, 0.5) is 0 Å². The molecular weight excluding hydrogens is 178 g/mol. The Morgan fingerprint density at radius 3 is 3.07 bits per heavy atom. The summed E-state index contributed by atoms with van der Waals surface area (Å²) in [4.78, 5) is 0. The summed E-state index contributed by atoms with van der Waals surface area (Å²) in [5.74, 6) is 0.797. The fraction of sp³-hybridized carbons (Fsp3) is 1.00. The molecule has 0 bridgehead atoms. The number of hydrogen-bond acceptors (Lipinski definition) is 3. The van der Waals surface area contributed by atoms with Gasteiger partial charge in [-0.15, -0.1) is 0 Å². The monoisotopic (exact) mass is 201 g/mol. The highest BCUT2D eigenvalue weighted by atomic mass is 16.5. The van der Waals surface area contributed by atoms with E-state index in [1.165, 1.54) is 12.8 Å². The Labute approximate surface area is 87.2 Å². The third-order valence-electron chi connectivity index (χ3n) is 2.85. The highest BCUT2D eigenvalue weighted by Gasteiger charge is 2.20. The molecule has 1 fully saturated rings. The quantitative estimate of drug-likeness (QED) is 0.659. The molecule has 2 unspecified atom stereocenters. The van der Waals surface area contributed by atoms with Gasteiger partial charge in [-0.25, -0.2) is 0 Å². The zero-order valence-electron chi connectivity index (χ0n) is 9.42. The normalized spacial score (nSPS) is 27.9. The zero-order valence-corrected chi connectivity index (χ0v) is 9.42. The van der Waals surface area contributed by atoms with Gasteiger partial charge in [0, 0.05) is 20.3 Å². The minimum absolute atomic E-state index is 0.498. The van der Waals surface area contributed by atoms with Crippen molar-refractivity contribution in [3.8, 4) is 0 Å². The third kappa shape index (κ3) is 4.40. The first kappa shape index (κ1) is 12.0. The third-order valence-corrected chi connectivity index (χ3v) is 2.85. The lowest BCUT2D eigenvalue weighted by molar-refractivity contribution is -0.0102. The van der Waals surface area contributed by atoms with Gasteiger partial charge in [0.25, 0.3) is 0 Å². The largest absolute Gasteiger partial charge is 0.383 e. The van der Waals surface area contributed by atoms with Crippen LogP contribution in [0, 0.1) is 5.92 Å². The Bertz CT molecular complexity index is 141. The lowest BCUT2D eigenvalue weighted by Gasteiger charge is -2.29. The number of hydrogen-bond donors (Lipinski definition) is 1.